The molecular formula is C19H25NO3S. The highest BCUT2D eigenvalue weighted by atomic mass is 32.1. The van der Waals surface area contributed by atoms with Crippen LogP contribution in [0.15, 0.2) is 29.6 Å². The summed E-state index contributed by atoms with van der Waals surface area (Å²) in [6, 6.07) is 7.28. The monoisotopic (exact) mass is 347 g/mol. The average Bonchev–Trinajstić information content (AvgIpc) is 3.10. The zero-order valence-corrected chi connectivity index (χ0v) is 15.3. The van der Waals surface area contributed by atoms with Gasteiger partial charge in [0, 0.05) is 24.2 Å². The molecule has 2 aromatic rings. The van der Waals surface area contributed by atoms with Crippen molar-refractivity contribution in [1.82, 2.24) is 4.90 Å². The molecule has 1 aromatic heterocycles. The van der Waals surface area contributed by atoms with E-state index in [9.17, 15) is 9.90 Å². The van der Waals surface area contributed by atoms with E-state index < -0.39 is 0 Å². The molecule has 0 aliphatic rings. The third-order valence-electron chi connectivity index (χ3n) is 4.29. The topological polar surface area (TPSA) is 60.8 Å². The van der Waals surface area contributed by atoms with Gasteiger partial charge in [-0.05, 0) is 48.5 Å². The van der Waals surface area contributed by atoms with Crippen molar-refractivity contribution in [1.29, 1.82) is 0 Å². The molecule has 2 N–H and O–H groups in total. The molecule has 2 rings (SSSR count). The fraction of sp³-hybridized carbons (Fsp3) is 0.421. The highest BCUT2D eigenvalue weighted by Gasteiger charge is 2.19. The third kappa shape index (κ3) is 4.23. The summed E-state index contributed by atoms with van der Waals surface area (Å²) in [7, 11) is 1.88. The minimum absolute atomic E-state index is 0.0133. The minimum atomic E-state index is -0.0133. The molecule has 24 heavy (non-hydrogen) atoms. The van der Waals surface area contributed by atoms with Crippen LogP contribution in [0.25, 0.3) is 0 Å². The Hall–Kier alpha value is -1.69. The highest BCUT2D eigenvalue weighted by molar-refractivity contribution is 7.12. The Balaban J connectivity index is 2.45. The number of ketones is 1. The molecule has 0 spiro atoms. The molecule has 5 heteroatoms. The van der Waals surface area contributed by atoms with E-state index in [1.165, 1.54) is 11.3 Å². The first-order valence-corrected chi connectivity index (χ1v) is 9.09. The molecule has 0 saturated heterocycles. The van der Waals surface area contributed by atoms with Crippen LogP contribution in [0.1, 0.15) is 52.5 Å². The van der Waals surface area contributed by atoms with Gasteiger partial charge in [0.05, 0.1) is 11.5 Å². The molecule has 0 radical (unpaired) electrons. The second-order valence-electron chi connectivity index (χ2n) is 6.15. The second-order valence-corrected chi connectivity index (χ2v) is 7.10. The second kappa shape index (κ2) is 8.42. The number of thiophene rings is 1. The third-order valence-corrected chi connectivity index (χ3v) is 5.16. The first-order chi connectivity index (χ1) is 11.5. The number of carbonyl (C=O) groups is 1. The fourth-order valence-corrected chi connectivity index (χ4v) is 3.34. The van der Waals surface area contributed by atoms with Gasteiger partial charge in [0.1, 0.15) is 5.75 Å². The Bertz CT molecular complexity index is 682. The van der Waals surface area contributed by atoms with E-state index in [1.807, 2.05) is 35.5 Å². The summed E-state index contributed by atoms with van der Waals surface area (Å²) < 4.78 is 0. The number of nitrogens with zero attached hydrogens (tertiary/aromatic N) is 1. The lowest BCUT2D eigenvalue weighted by atomic mass is 9.91. The normalized spacial score (nSPS) is 12.5. The molecule has 1 unspecified atom stereocenters. The predicted octanol–water partition coefficient (Wildman–Crippen LogP) is 3.62. The summed E-state index contributed by atoms with van der Waals surface area (Å²) >= 11 is 1.42. The Morgan fingerprint density at radius 2 is 2.12 bits per heavy atom. The fourth-order valence-electron chi connectivity index (χ4n) is 2.66. The number of carbonyl (C=O) groups excluding carboxylic acids is 1. The van der Waals surface area contributed by atoms with Crippen LogP contribution in [-0.4, -0.2) is 41.1 Å². The van der Waals surface area contributed by atoms with Crippen LogP contribution in [0.2, 0.25) is 0 Å². The number of hydrogen-bond donors (Lipinski definition) is 2. The number of aromatic hydroxyl groups is 1. The van der Waals surface area contributed by atoms with Crippen LogP contribution in [0, 0.1) is 0 Å². The van der Waals surface area contributed by atoms with Gasteiger partial charge in [-0.2, -0.15) is 0 Å². The largest absolute Gasteiger partial charge is 0.507 e. The summed E-state index contributed by atoms with van der Waals surface area (Å²) in [4.78, 5) is 15.3. The number of likely N-dealkylation sites (N-methyl/N-ethyl adjacent to an activating group) is 1. The number of aliphatic hydroxyl groups is 1. The maximum absolute atomic E-state index is 12.7. The molecule has 0 aliphatic carbocycles. The number of hydrogen-bond acceptors (Lipinski definition) is 5. The Kier molecular flexibility index (Phi) is 6.54. The van der Waals surface area contributed by atoms with E-state index in [2.05, 4.69) is 13.8 Å². The van der Waals surface area contributed by atoms with Crippen molar-refractivity contribution < 1.29 is 15.0 Å². The molecule has 1 atom stereocenters. The van der Waals surface area contributed by atoms with Gasteiger partial charge in [-0.3, -0.25) is 9.69 Å². The number of phenols is 1. The van der Waals surface area contributed by atoms with Crippen LogP contribution in [0.5, 0.6) is 5.75 Å². The SMILES string of the molecule is CCC(C)c1cc(C(=O)c2cccs2)cc(CN(C)CCO)c1O. The average molecular weight is 347 g/mol. The van der Waals surface area contributed by atoms with E-state index >= 15 is 0 Å². The zero-order valence-electron chi connectivity index (χ0n) is 14.5. The van der Waals surface area contributed by atoms with Crippen LogP contribution in [0.4, 0.5) is 0 Å². The molecule has 1 aromatic carbocycles. The molecular weight excluding hydrogens is 322 g/mol. The summed E-state index contributed by atoms with van der Waals surface area (Å²) in [5.41, 5.74) is 2.15. The van der Waals surface area contributed by atoms with Crippen molar-refractivity contribution in [3.8, 4) is 5.75 Å². The molecule has 0 fully saturated rings. The number of phenolic OH excluding ortho intramolecular Hbond substituents is 1. The van der Waals surface area contributed by atoms with Crippen LogP contribution in [0.3, 0.4) is 0 Å². The molecule has 0 saturated carbocycles. The van der Waals surface area contributed by atoms with Gasteiger partial charge < -0.3 is 10.2 Å². The number of rotatable bonds is 8. The van der Waals surface area contributed by atoms with E-state index in [4.69, 9.17) is 5.11 Å². The maximum atomic E-state index is 12.7. The molecule has 1 heterocycles. The summed E-state index contributed by atoms with van der Waals surface area (Å²) in [5, 5.41) is 21.6. The first kappa shape index (κ1) is 18.6. The van der Waals surface area contributed by atoms with Gasteiger partial charge >= 0.3 is 0 Å². The van der Waals surface area contributed by atoms with Gasteiger partial charge in [-0.1, -0.05) is 19.9 Å². The van der Waals surface area contributed by atoms with Crippen molar-refractivity contribution >= 4 is 17.1 Å². The highest BCUT2D eigenvalue weighted by Crippen LogP contribution is 2.34. The van der Waals surface area contributed by atoms with Gasteiger partial charge in [0.15, 0.2) is 0 Å². The Morgan fingerprint density at radius 3 is 2.71 bits per heavy atom. The van der Waals surface area contributed by atoms with Crippen molar-refractivity contribution in [3.05, 3.63) is 51.2 Å². The minimum Gasteiger partial charge on any atom is -0.507 e. The summed E-state index contributed by atoms with van der Waals surface area (Å²) in [6.07, 6.45) is 0.885. The predicted molar refractivity (Wildman–Crippen MR) is 98.0 cm³/mol. The van der Waals surface area contributed by atoms with Crippen molar-refractivity contribution in [2.45, 2.75) is 32.7 Å². The first-order valence-electron chi connectivity index (χ1n) is 8.21. The van der Waals surface area contributed by atoms with Gasteiger partial charge in [0.2, 0.25) is 5.78 Å². The summed E-state index contributed by atoms with van der Waals surface area (Å²) in [6.45, 7) is 5.18. The van der Waals surface area contributed by atoms with E-state index in [0.29, 0.717) is 23.5 Å². The van der Waals surface area contributed by atoms with Gasteiger partial charge in [-0.15, -0.1) is 11.3 Å². The maximum Gasteiger partial charge on any atom is 0.202 e. The van der Waals surface area contributed by atoms with Gasteiger partial charge in [0.25, 0.3) is 0 Å². The lowest BCUT2D eigenvalue weighted by Crippen LogP contribution is -2.22. The van der Waals surface area contributed by atoms with Crippen LogP contribution < -0.4 is 0 Å². The molecule has 0 bridgehead atoms. The lowest BCUT2D eigenvalue weighted by molar-refractivity contribution is 0.104. The Labute approximate surface area is 147 Å². The Morgan fingerprint density at radius 1 is 1.38 bits per heavy atom. The van der Waals surface area contributed by atoms with E-state index in [-0.39, 0.29) is 24.1 Å². The molecule has 0 aliphatic heterocycles. The van der Waals surface area contributed by atoms with Crippen LogP contribution >= 0.6 is 11.3 Å². The van der Waals surface area contributed by atoms with Gasteiger partial charge in [-0.25, -0.2) is 0 Å². The molecule has 0 amide bonds. The number of benzene rings is 1. The van der Waals surface area contributed by atoms with E-state index in [1.54, 1.807) is 6.07 Å². The quantitative estimate of drug-likeness (QED) is 0.716. The van der Waals surface area contributed by atoms with Crippen molar-refractivity contribution in [2.24, 2.45) is 0 Å². The van der Waals surface area contributed by atoms with Crippen molar-refractivity contribution in [2.75, 3.05) is 20.2 Å². The molecule has 130 valence electrons. The van der Waals surface area contributed by atoms with Crippen molar-refractivity contribution in [3.63, 3.8) is 0 Å². The van der Waals surface area contributed by atoms with E-state index in [0.717, 1.165) is 17.5 Å². The van der Waals surface area contributed by atoms with Crippen LogP contribution in [-0.2, 0) is 6.54 Å². The molecule has 4 nitrogen and oxygen atoms in total. The zero-order chi connectivity index (χ0) is 17.7. The summed E-state index contributed by atoms with van der Waals surface area (Å²) in [5.74, 6) is 0.417. The standard InChI is InChI=1S/C19H25NO3S/c1-4-13(2)16-11-14(19(23)17-6-5-9-24-17)10-15(18(16)22)12-20(3)7-8-21/h5-6,9-11,13,21-22H,4,7-8,12H2,1-3H3. The smallest absolute Gasteiger partial charge is 0.202 e. The number of aliphatic hydroxyl groups excluding tert-OH is 1. The lowest BCUT2D eigenvalue weighted by Gasteiger charge is -2.20.